The minimum absolute atomic E-state index is 0.768. The minimum atomic E-state index is 0.768. The molecule has 4 aromatic rings. The largest absolute Gasteiger partial charge is 0.355 e. The molecule has 1 fully saturated rings. The molecule has 3 aromatic heterocycles. The number of rotatable bonds is 3. The average Bonchev–Trinajstić information content (AvgIpc) is 3.00. The Morgan fingerprint density at radius 1 is 0.931 bits per heavy atom. The Morgan fingerprint density at radius 3 is 2.59 bits per heavy atom. The van der Waals surface area contributed by atoms with E-state index < -0.39 is 0 Å². The van der Waals surface area contributed by atoms with Crippen molar-refractivity contribution in [3.63, 3.8) is 0 Å². The van der Waals surface area contributed by atoms with Gasteiger partial charge in [0.1, 0.15) is 10.6 Å². The third kappa shape index (κ3) is 3.61. The average molecular weight is 402 g/mol. The number of benzene rings is 1. The van der Waals surface area contributed by atoms with Crippen molar-refractivity contribution in [3.05, 3.63) is 59.7 Å². The van der Waals surface area contributed by atoms with Crippen LogP contribution in [-0.2, 0) is 0 Å². The fourth-order valence-corrected chi connectivity index (χ4v) is 4.73. The maximum atomic E-state index is 5.08. The van der Waals surface area contributed by atoms with Crippen LogP contribution in [0.15, 0.2) is 54.2 Å². The zero-order chi connectivity index (χ0) is 19.6. The summed E-state index contributed by atoms with van der Waals surface area (Å²) in [5.74, 6) is 1.81. The number of thiophene rings is 1. The first-order valence-electron chi connectivity index (χ1n) is 10.0. The van der Waals surface area contributed by atoms with Gasteiger partial charge in [-0.2, -0.15) is 0 Å². The van der Waals surface area contributed by atoms with Crippen molar-refractivity contribution in [2.75, 3.05) is 31.1 Å². The van der Waals surface area contributed by atoms with Gasteiger partial charge < -0.3 is 10.2 Å². The van der Waals surface area contributed by atoms with Crippen LogP contribution >= 0.6 is 11.3 Å². The maximum Gasteiger partial charge on any atom is 0.163 e. The normalized spacial score (nSPS) is 14.9. The van der Waals surface area contributed by atoms with Crippen molar-refractivity contribution < 1.29 is 0 Å². The van der Waals surface area contributed by atoms with Crippen LogP contribution < -0.4 is 10.2 Å². The summed E-state index contributed by atoms with van der Waals surface area (Å²) < 4.78 is 0. The molecule has 0 unspecified atom stereocenters. The van der Waals surface area contributed by atoms with Crippen molar-refractivity contribution in [2.45, 2.75) is 13.3 Å². The summed E-state index contributed by atoms with van der Waals surface area (Å²) in [5, 5.41) is 6.88. The van der Waals surface area contributed by atoms with Crippen LogP contribution in [0.3, 0.4) is 0 Å². The van der Waals surface area contributed by atoms with Crippen molar-refractivity contribution in [1.29, 1.82) is 0 Å². The Bertz CT molecular complexity index is 1110. The highest BCUT2D eigenvalue weighted by molar-refractivity contribution is 7.17. The fraction of sp³-hybridized carbons (Fsp3) is 0.261. The van der Waals surface area contributed by atoms with Gasteiger partial charge in [-0.1, -0.05) is 29.8 Å². The molecule has 0 amide bonds. The molecule has 1 N–H and O–H groups in total. The zero-order valence-corrected chi connectivity index (χ0v) is 17.2. The first kappa shape index (κ1) is 18.2. The smallest absolute Gasteiger partial charge is 0.163 e. The minimum Gasteiger partial charge on any atom is -0.355 e. The Morgan fingerprint density at radius 2 is 1.76 bits per heavy atom. The topological polar surface area (TPSA) is 53.9 Å². The molecular weight excluding hydrogens is 378 g/mol. The number of nitrogens with one attached hydrogen (secondary N) is 1. The third-order valence-corrected chi connectivity index (χ3v) is 6.23. The summed E-state index contributed by atoms with van der Waals surface area (Å²) in [6, 6.07) is 12.7. The van der Waals surface area contributed by atoms with Crippen LogP contribution in [0.2, 0.25) is 0 Å². The lowest BCUT2D eigenvalue weighted by Gasteiger charge is -2.23. The number of fused-ring (bicyclic) bond motifs is 1. The summed E-state index contributed by atoms with van der Waals surface area (Å²) in [7, 11) is 0. The summed E-state index contributed by atoms with van der Waals surface area (Å²) in [5.41, 5.74) is 4.71. The number of anilines is 1. The highest BCUT2D eigenvalue weighted by Gasteiger charge is 2.21. The molecule has 0 spiro atoms. The van der Waals surface area contributed by atoms with Crippen molar-refractivity contribution in [2.24, 2.45) is 0 Å². The third-order valence-electron chi connectivity index (χ3n) is 5.36. The molecule has 1 aliphatic rings. The molecule has 1 aromatic carbocycles. The molecule has 5 nitrogen and oxygen atoms in total. The second kappa shape index (κ2) is 7.89. The van der Waals surface area contributed by atoms with Gasteiger partial charge in [0.25, 0.3) is 0 Å². The quantitative estimate of drug-likeness (QED) is 0.547. The lowest BCUT2D eigenvalue weighted by atomic mass is 10.0. The lowest BCUT2D eigenvalue weighted by Crippen LogP contribution is -2.29. The van der Waals surface area contributed by atoms with E-state index in [2.05, 4.69) is 51.8 Å². The van der Waals surface area contributed by atoms with Gasteiger partial charge in [0.15, 0.2) is 5.82 Å². The first-order valence-corrected chi connectivity index (χ1v) is 10.9. The predicted octanol–water partition coefficient (Wildman–Crippen LogP) is 4.53. The first-order chi connectivity index (χ1) is 14.3. The molecule has 0 atom stereocenters. The SMILES string of the molecule is Cc1ccc(-c2csc3nc(-c4ccncc4)nc(N4CCCNCC4)c23)cc1. The number of hydrogen-bond acceptors (Lipinski definition) is 6. The Balaban J connectivity index is 1.71. The summed E-state index contributed by atoms with van der Waals surface area (Å²) >= 11 is 1.70. The van der Waals surface area contributed by atoms with Crippen LogP contribution in [0.4, 0.5) is 5.82 Å². The summed E-state index contributed by atoms with van der Waals surface area (Å²) in [6.07, 6.45) is 4.70. The Labute approximate surface area is 174 Å². The number of nitrogens with zero attached hydrogens (tertiary/aromatic N) is 4. The highest BCUT2D eigenvalue weighted by Crippen LogP contribution is 2.39. The summed E-state index contributed by atoms with van der Waals surface area (Å²) in [4.78, 5) is 17.6. The highest BCUT2D eigenvalue weighted by atomic mass is 32.1. The van der Waals surface area contributed by atoms with Crippen LogP contribution in [0, 0.1) is 6.92 Å². The van der Waals surface area contributed by atoms with Crippen molar-refractivity contribution in [3.8, 4) is 22.5 Å². The number of pyridine rings is 1. The second-order valence-corrected chi connectivity index (χ2v) is 8.25. The van der Waals surface area contributed by atoms with Gasteiger partial charge >= 0.3 is 0 Å². The van der Waals surface area contributed by atoms with E-state index in [1.54, 1.807) is 23.7 Å². The molecule has 0 aliphatic carbocycles. The van der Waals surface area contributed by atoms with E-state index in [0.717, 1.165) is 54.6 Å². The predicted molar refractivity (Wildman–Crippen MR) is 121 cm³/mol. The molecular formula is C23H23N5S. The molecule has 0 bridgehead atoms. The van der Waals surface area contributed by atoms with Gasteiger partial charge in [-0.15, -0.1) is 11.3 Å². The molecule has 1 saturated heterocycles. The van der Waals surface area contributed by atoms with Gasteiger partial charge in [-0.05, 0) is 37.6 Å². The van der Waals surface area contributed by atoms with Crippen LogP contribution in [-0.4, -0.2) is 41.1 Å². The van der Waals surface area contributed by atoms with Crippen LogP contribution in [0.5, 0.6) is 0 Å². The second-order valence-electron chi connectivity index (χ2n) is 7.39. The number of hydrogen-bond donors (Lipinski definition) is 1. The van der Waals surface area contributed by atoms with E-state index in [9.17, 15) is 0 Å². The number of aryl methyl sites for hydroxylation is 1. The molecule has 0 saturated carbocycles. The van der Waals surface area contributed by atoms with E-state index in [1.165, 1.54) is 22.1 Å². The van der Waals surface area contributed by atoms with Gasteiger partial charge in [0, 0.05) is 48.5 Å². The van der Waals surface area contributed by atoms with Crippen LogP contribution in [0.1, 0.15) is 12.0 Å². The van der Waals surface area contributed by atoms with Gasteiger partial charge in [0.05, 0.1) is 5.39 Å². The molecule has 4 heterocycles. The molecule has 1 aliphatic heterocycles. The molecule has 0 radical (unpaired) electrons. The van der Waals surface area contributed by atoms with E-state index in [1.807, 2.05) is 12.1 Å². The van der Waals surface area contributed by atoms with E-state index in [-0.39, 0.29) is 0 Å². The molecule has 5 rings (SSSR count). The number of aromatic nitrogens is 3. The van der Waals surface area contributed by atoms with Crippen molar-refractivity contribution >= 4 is 27.4 Å². The fourth-order valence-electron chi connectivity index (χ4n) is 3.79. The zero-order valence-electron chi connectivity index (χ0n) is 16.4. The van der Waals surface area contributed by atoms with E-state index >= 15 is 0 Å². The van der Waals surface area contributed by atoms with Gasteiger partial charge in [0.2, 0.25) is 0 Å². The van der Waals surface area contributed by atoms with Gasteiger partial charge in [-0.3, -0.25) is 4.98 Å². The molecule has 146 valence electrons. The Kier molecular flexibility index (Phi) is 4.96. The lowest BCUT2D eigenvalue weighted by molar-refractivity contribution is 0.724. The van der Waals surface area contributed by atoms with Crippen molar-refractivity contribution in [1.82, 2.24) is 20.3 Å². The van der Waals surface area contributed by atoms with Gasteiger partial charge in [-0.25, -0.2) is 9.97 Å². The Hall–Kier alpha value is -2.83. The van der Waals surface area contributed by atoms with E-state index in [4.69, 9.17) is 9.97 Å². The summed E-state index contributed by atoms with van der Waals surface area (Å²) in [6.45, 7) is 6.09. The monoisotopic (exact) mass is 401 g/mol. The standard InChI is InChI=1S/C23H23N5S/c1-16-3-5-17(6-4-16)19-15-29-23-20(19)22(28-13-2-9-24-12-14-28)26-21(27-23)18-7-10-25-11-8-18/h3-8,10-11,15,24H,2,9,12-14H2,1H3. The van der Waals surface area contributed by atoms with E-state index in [0.29, 0.717) is 0 Å². The molecule has 29 heavy (non-hydrogen) atoms. The van der Waals surface area contributed by atoms with Crippen LogP contribution in [0.25, 0.3) is 32.7 Å². The molecule has 6 heteroatoms. The maximum absolute atomic E-state index is 5.08.